The third-order valence-corrected chi connectivity index (χ3v) is 3.56. The van der Waals surface area contributed by atoms with Crippen molar-refractivity contribution < 1.29 is 9.90 Å². The van der Waals surface area contributed by atoms with Crippen molar-refractivity contribution in [2.24, 2.45) is 11.8 Å². The van der Waals surface area contributed by atoms with Crippen molar-refractivity contribution in [1.82, 2.24) is 0 Å². The summed E-state index contributed by atoms with van der Waals surface area (Å²) >= 11 is 5.84. The van der Waals surface area contributed by atoms with Crippen LogP contribution in [-0.2, 0) is 4.79 Å². The van der Waals surface area contributed by atoms with E-state index < -0.39 is 5.97 Å². The van der Waals surface area contributed by atoms with Gasteiger partial charge in [0.05, 0.1) is 5.92 Å². The molecular weight excluding hydrogens is 224 g/mol. The molecule has 1 aliphatic rings. The highest BCUT2D eigenvalue weighted by Gasteiger charge is 2.38. The Bertz CT molecular complexity index is 381. The van der Waals surface area contributed by atoms with E-state index in [2.05, 4.69) is 0 Å². The molecule has 0 bridgehead atoms. The molecule has 0 aromatic heterocycles. The van der Waals surface area contributed by atoms with E-state index in [1.54, 1.807) is 6.92 Å². The molecule has 86 valence electrons. The molecule has 2 nitrogen and oxygen atoms in total. The Balaban J connectivity index is 2.25. The van der Waals surface area contributed by atoms with Crippen LogP contribution >= 0.6 is 11.6 Å². The van der Waals surface area contributed by atoms with Gasteiger partial charge in [0.1, 0.15) is 0 Å². The van der Waals surface area contributed by atoms with E-state index in [1.807, 2.05) is 24.3 Å². The van der Waals surface area contributed by atoms with E-state index in [1.165, 1.54) is 0 Å². The number of hydrogen-bond donors (Lipinski definition) is 1. The maximum atomic E-state index is 11.1. The predicted octanol–water partition coefficient (Wildman–Crippen LogP) is 3.55. The maximum Gasteiger partial charge on any atom is 0.306 e. The smallest absolute Gasteiger partial charge is 0.306 e. The minimum atomic E-state index is -0.716. The number of carboxylic acid groups (broad SMARTS) is 1. The minimum Gasteiger partial charge on any atom is -0.481 e. The molecule has 16 heavy (non-hydrogen) atoms. The van der Waals surface area contributed by atoms with Crippen molar-refractivity contribution in [2.45, 2.75) is 25.7 Å². The average Bonchev–Trinajstić information content (AvgIpc) is 3.05. The van der Waals surface area contributed by atoms with Crippen LogP contribution in [0.4, 0.5) is 0 Å². The Labute approximate surface area is 100 Å². The lowest BCUT2D eigenvalue weighted by atomic mass is 9.83. The molecule has 1 saturated carbocycles. The fourth-order valence-corrected chi connectivity index (χ4v) is 2.39. The Hall–Kier alpha value is -1.02. The highest BCUT2D eigenvalue weighted by Crippen LogP contribution is 2.46. The normalized spacial score (nSPS) is 19.1. The number of carbonyl (C=O) groups is 1. The van der Waals surface area contributed by atoms with Crippen molar-refractivity contribution in [1.29, 1.82) is 0 Å². The van der Waals surface area contributed by atoms with Gasteiger partial charge in [-0.1, -0.05) is 30.7 Å². The summed E-state index contributed by atoms with van der Waals surface area (Å²) in [5.74, 6) is -0.373. The summed E-state index contributed by atoms with van der Waals surface area (Å²) in [5.41, 5.74) is 1.10. The van der Waals surface area contributed by atoms with Crippen LogP contribution in [0.25, 0.3) is 0 Å². The molecule has 2 rings (SSSR count). The van der Waals surface area contributed by atoms with Crippen molar-refractivity contribution in [3.05, 3.63) is 34.9 Å². The van der Waals surface area contributed by atoms with Gasteiger partial charge in [0.15, 0.2) is 0 Å². The molecule has 1 aromatic carbocycles. The fourth-order valence-electron chi connectivity index (χ4n) is 2.26. The van der Waals surface area contributed by atoms with Gasteiger partial charge < -0.3 is 5.11 Å². The lowest BCUT2D eigenvalue weighted by molar-refractivity contribution is -0.142. The lowest BCUT2D eigenvalue weighted by Crippen LogP contribution is -2.20. The third-order valence-electron chi connectivity index (χ3n) is 3.31. The van der Waals surface area contributed by atoms with Crippen molar-refractivity contribution in [3.63, 3.8) is 0 Å². The Morgan fingerprint density at radius 2 is 1.94 bits per heavy atom. The monoisotopic (exact) mass is 238 g/mol. The maximum absolute atomic E-state index is 11.1. The second-order valence-electron chi connectivity index (χ2n) is 4.54. The highest BCUT2D eigenvalue weighted by molar-refractivity contribution is 6.30. The van der Waals surface area contributed by atoms with Crippen LogP contribution in [0.2, 0.25) is 5.02 Å². The number of aliphatic carboxylic acids is 1. The van der Waals surface area contributed by atoms with Crippen LogP contribution in [0.15, 0.2) is 24.3 Å². The second-order valence-corrected chi connectivity index (χ2v) is 4.98. The van der Waals surface area contributed by atoms with Gasteiger partial charge in [0, 0.05) is 5.02 Å². The van der Waals surface area contributed by atoms with Crippen LogP contribution in [-0.4, -0.2) is 11.1 Å². The summed E-state index contributed by atoms with van der Waals surface area (Å²) in [7, 11) is 0. The minimum absolute atomic E-state index is 0.134. The predicted molar refractivity (Wildman–Crippen MR) is 63.7 cm³/mol. The lowest BCUT2D eigenvalue weighted by Gasteiger charge is -2.21. The van der Waals surface area contributed by atoms with E-state index in [9.17, 15) is 4.79 Å². The largest absolute Gasteiger partial charge is 0.481 e. The Morgan fingerprint density at radius 1 is 1.38 bits per heavy atom. The Kier molecular flexibility index (Phi) is 3.20. The second kappa shape index (κ2) is 4.46. The molecule has 0 aliphatic heterocycles. The molecule has 1 unspecified atom stereocenters. The summed E-state index contributed by atoms with van der Waals surface area (Å²) in [5, 5.41) is 9.81. The van der Waals surface area contributed by atoms with Crippen LogP contribution in [0.1, 0.15) is 31.2 Å². The van der Waals surface area contributed by atoms with Gasteiger partial charge in [-0.2, -0.15) is 0 Å². The molecule has 0 spiro atoms. The first kappa shape index (κ1) is 11.5. The van der Waals surface area contributed by atoms with Crippen LogP contribution in [0.3, 0.4) is 0 Å². The van der Waals surface area contributed by atoms with Gasteiger partial charge in [-0.15, -0.1) is 0 Å². The molecule has 0 heterocycles. The van der Waals surface area contributed by atoms with Gasteiger partial charge in [0.2, 0.25) is 0 Å². The zero-order valence-corrected chi connectivity index (χ0v) is 9.95. The van der Waals surface area contributed by atoms with Gasteiger partial charge in [-0.05, 0) is 42.4 Å². The van der Waals surface area contributed by atoms with Gasteiger partial charge in [-0.3, -0.25) is 4.79 Å². The number of halogens is 1. The molecule has 2 atom stereocenters. The van der Waals surface area contributed by atoms with E-state index in [4.69, 9.17) is 16.7 Å². The van der Waals surface area contributed by atoms with E-state index >= 15 is 0 Å². The molecule has 1 fully saturated rings. The summed E-state index contributed by atoms with van der Waals surface area (Å²) < 4.78 is 0. The van der Waals surface area contributed by atoms with E-state index in [-0.39, 0.29) is 11.8 Å². The molecular formula is C13H15ClO2. The van der Waals surface area contributed by atoms with Gasteiger partial charge >= 0.3 is 5.97 Å². The summed E-state index contributed by atoms with van der Waals surface area (Å²) in [6.45, 7) is 1.79. The summed E-state index contributed by atoms with van der Waals surface area (Å²) in [6.07, 6.45) is 2.29. The zero-order valence-electron chi connectivity index (χ0n) is 9.19. The first-order valence-electron chi connectivity index (χ1n) is 5.58. The standard InChI is InChI=1S/C13H15ClO2/c1-8(13(15)16)12(9-2-3-9)10-4-6-11(14)7-5-10/h4-9,12H,2-3H2,1H3,(H,15,16)/t8?,12-/m0/s1. The van der Waals surface area contributed by atoms with Crippen molar-refractivity contribution in [3.8, 4) is 0 Å². The first-order chi connectivity index (χ1) is 7.59. The van der Waals surface area contributed by atoms with Gasteiger partial charge in [-0.25, -0.2) is 0 Å². The molecule has 0 saturated heterocycles. The van der Waals surface area contributed by atoms with Crippen molar-refractivity contribution in [2.75, 3.05) is 0 Å². The number of hydrogen-bond acceptors (Lipinski definition) is 1. The van der Waals surface area contributed by atoms with Crippen molar-refractivity contribution >= 4 is 17.6 Å². The summed E-state index contributed by atoms with van der Waals surface area (Å²) in [4.78, 5) is 11.1. The first-order valence-corrected chi connectivity index (χ1v) is 5.95. The average molecular weight is 239 g/mol. The highest BCUT2D eigenvalue weighted by atomic mass is 35.5. The van der Waals surface area contributed by atoms with E-state index in [0.717, 1.165) is 18.4 Å². The third kappa shape index (κ3) is 2.38. The van der Waals surface area contributed by atoms with Crippen LogP contribution in [0, 0.1) is 11.8 Å². The molecule has 0 amide bonds. The number of carboxylic acids is 1. The zero-order chi connectivity index (χ0) is 11.7. The quantitative estimate of drug-likeness (QED) is 0.871. The molecule has 0 radical (unpaired) electrons. The van der Waals surface area contributed by atoms with E-state index in [0.29, 0.717) is 10.9 Å². The Morgan fingerprint density at radius 3 is 2.38 bits per heavy atom. The summed E-state index contributed by atoms with van der Waals surface area (Å²) in [6, 6.07) is 7.57. The molecule has 1 aliphatic carbocycles. The van der Waals surface area contributed by atoms with Gasteiger partial charge in [0.25, 0.3) is 0 Å². The number of benzene rings is 1. The SMILES string of the molecule is CC(C(=O)O)[C@H](c1ccc(Cl)cc1)C1CC1. The topological polar surface area (TPSA) is 37.3 Å². The van der Waals surface area contributed by atoms with Crippen LogP contribution < -0.4 is 0 Å². The fraction of sp³-hybridized carbons (Fsp3) is 0.462. The molecule has 1 aromatic rings. The van der Waals surface area contributed by atoms with Crippen LogP contribution in [0.5, 0.6) is 0 Å². The molecule has 3 heteroatoms. The number of rotatable bonds is 4. The molecule has 1 N–H and O–H groups in total.